The fourth-order valence-corrected chi connectivity index (χ4v) is 1.09. The lowest BCUT2D eigenvalue weighted by Crippen LogP contribution is -2.17. The summed E-state index contributed by atoms with van der Waals surface area (Å²) in [5.41, 5.74) is 0. The molecule has 0 fully saturated rings. The number of anilines is 2. The van der Waals surface area contributed by atoms with Crippen molar-refractivity contribution in [2.45, 2.75) is 13.8 Å². The molecule has 16 heavy (non-hydrogen) atoms. The van der Waals surface area contributed by atoms with Crippen LogP contribution in [0.3, 0.4) is 0 Å². The smallest absolute Gasteiger partial charge is 0.325 e. The summed E-state index contributed by atoms with van der Waals surface area (Å²) in [5.74, 6) is 0.918. The second-order valence-electron chi connectivity index (χ2n) is 2.98. The molecule has 1 aromatic rings. The van der Waals surface area contributed by atoms with Crippen molar-refractivity contribution in [2.75, 3.05) is 30.3 Å². The Morgan fingerprint density at radius 3 is 2.62 bits per heavy atom. The molecule has 0 aliphatic rings. The molecule has 0 aromatic carbocycles. The number of hydrogen-bond donors (Lipinski definition) is 2. The predicted octanol–water partition coefficient (Wildman–Crippen LogP) is 0.883. The van der Waals surface area contributed by atoms with Gasteiger partial charge in [0.2, 0.25) is 0 Å². The molecule has 0 amide bonds. The zero-order valence-corrected chi connectivity index (χ0v) is 9.49. The van der Waals surface area contributed by atoms with Crippen LogP contribution in [0.4, 0.5) is 11.6 Å². The first-order valence-corrected chi connectivity index (χ1v) is 5.21. The topological polar surface area (TPSA) is 76.1 Å². The largest absolute Gasteiger partial charge is 0.465 e. The Kier molecular flexibility index (Phi) is 5.04. The Bertz CT molecular complexity index is 343. The molecule has 0 aliphatic heterocycles. The van der Waals surface area contributed by atoms with Crippen LogP contribution in [0.15, 0.2) is 12.4 Å². The quantitative estimate of drug-likeness (QED) is 0.699. The second kappa shape index (κ2) is 6.60. The van der Waals surface area contributed by atoms with Crippen molar-refractivity contribution in [3.63, 3.8) is 0 Å². The highest BCUT2D eigenvalue weighted by Crippen LogP contribution is 2.05. The van der Waals surface area contributed by atoms with Gasteiger partial charge in [-0.3, -0.25) is 9.78 Å². The first kappa shape index (κ1) is 12.2. The van der Waals surface area contributed by atoms with E-state index in [1.807, 2.05) is 6.92 Å². The number of aromatic nitrogens is 2. The van der Waals surface area contributed by atoms with Crippen molar-refractivity contribution >= 4 is 17.6 Å². The Morgan fingerprint density at radius 2 is 2.00 bits per heavy atom. The summed E-state index contributed by atoms with van der Waals surface area (Å²) in [5, 5.41) is 5.87. The number of carbonyl (C=O) groups excluding carboxylic acids is 1. The lowest BCUT2D eigenvalue weighted by Gasteiger charge is -2.06. The highest BCUT2D eigenvalue weighted by Gasteiger charge is 2.02. The van der Waals surface area contributed by atoms with Gasteiger partial charge in [0.1, 0.15) is 18.2 Å². The maximum absolute atomic E-state index is 11.1. The monoisotopic (exact) mass is 224 g/mol. The number of esters is 1. The molecule has 0 radical (unpaired) electrons. The summed E-state index contributed by atoms with van der Waals surface area (Å²) >= 11 is 0. The van der Waals surface area contributed by atoms with Crippen LogP contribution in [0.2, 0.25) is 0 Å². The van der Waals surface area contributed by atoms with Crippen molar-refractivity contribution in [3.05, 3.63) is 12.4 Å². The molecular formula is C10H16N4O2. The lowest BCUT2D eigenvalue weighted by atomic mass is 10.5. The molecule has 0 atom stereocenters. The van der Waals surface area contributed by atoms with E-state index in [-0.39, 0.29) is 12.5 Å². The zero-order chi connectivity index (χ0) is 11.8. The SMILES string of the molecule is CCNc1cncc(NCC(=O)OCC)n1. The van der Waals surface area contributed by atoms with Crippen LogP contribution in [0.25, 0.3) is 0 Å². The van der Waals surface area contributed by atoms with Gasteiger partial charge in [0.05, 0.1) is 19.0 Å². The fourth-order valence-electron chi connectivity index (χ4n) is 1.09. The summed E-state index contributed by atoms with van der Waals surface area (Å²) < 4.78 is 4.78. The predicted molar refractivity (Wildman–Crippen MR) is 61.3 cm³/mol. The van der Waals surface area contributed by atoms with Crippen molar-refractivity contribution in [3.8, 4) is 0 Å². The molecule has 0 saturated heterocycles. The average molecular weight is 224 g/mol. The zero-order valence-electron chi connectivity index (χ0n) is 9.49. The Hall–Kier alpha value is -1.85. The minimum Gasteiger partial charge on any atom is -0.465 e. The van der Waals surface area contributed by atoms with E-state index in [0.717, 1.165) is 6.54 Å². The van der Waals surface area contributed by atoms with Gasteiger partial charge in [0.25, 0.3) is 0 Å². The number of nitrogens with zero attached hydrogens (tertiary/aromatic N) is 2. The third-order valence-corrected chi connectivity index (χ3v) is 1.71. The molecular weight excluding hydrogens is 208 g/mol. The normalized spacial score (nSPS) is 9.62. The molecule has 6 heteroatoms. The van der Waals surface area contributed by atoms with Gasteiger partial charge in [0, 0.05) is 6.54 Å². The van der Waals surface area contributed by atoms with E-state index in [1.54, 1.807) is 19.3 Å². The molecule has 0 aliphatic carbocycles. The first-order valence-electron chi connectivity index (χ1n) is 5.21. The van der Waals surface area contributed by atoms with E-state index in [1.165, 1.54) is 0 Å². The molecule has 0 bridgehead atoms. The van der Waals surface area contributed by atoms with Gasteiger partial charge in [-0.25, -0.2) is 4.98 Å². The van der Waals surface area contributed by atoms with Crippen molar-refractivity contribution in [2.24, 2.45) is 0 Å². The fraction of sp³-hybridized carbons (Fsp3) is 0.500. The molecule has 2 N–H and O–H groups in total. The molecule has 1 heterocycles. The second-order valence-corrected chi connectivity index (χ2v) is 2.98. The van der Waals surface area contributed by atoms with E-state index < -0.39 is 0 Å². The van der Waals surface area contributed by atoms with Gasteiger partial charge in [-0.15, -0.1) is 0 Å². The summed E-state index contributed by atoms with van der Waals surface area (Å²) in [6, 6.07) is 0. The van der Waals surface area contributed by atoms with Gasteiger partial charge in [-0.1, -0.05) is 0 Å². The van der Waals surface area contributed by atoms with Gasteiger partial charge in [-0.05, 0) is 13.8 Å². The average Bonchev–Trinajstić information content (AvgIpc) is 2.28. The molecule has 88 valence electrons. The van der Waals surface area contributed by atoms with E-state index in [9.17, 15) is 4.79 Å². The van der Waals surface area contributed by atoms with Crippen LogP contribution in [-0.2, 0) is 9.53 Å². The molecule has 1 rings (SSSR count). The van der Waals surface area contributed by atoms with Gasteiger partial charge in [-0.2, -0.15) is 0 Å². The minimum absolute atomic E-state index is 0.0953. The van der Waals surface area contributed by atoms with Gasteiger partial charge in [0.15, 0.2) is 0 Å². The molecule has 1 aromatic heterocycles. The Labute approximate surface area is 94.4 Å². The summed E-state index contributed by atoms with van der Waals surface area (Å²) in [7, 11) is 0. The third-order valence-electron chi connectivity index (χ3n) is 1.71. The highest BCUT2D eigenvalue weighted by atomic mass is 16.5. The lowest BCUT2D eigenvalue weighted by molar-refractivity contribution is -0.140. The summed E-state index contributed by atoms with van der Waals surface area (Å²) in [4.78, 5) is 19.3. The molecule has 6 nitrogen and oxygen atoms in total. The summed E-state index contributed by atoms with van der Waals surface area (Å²) in [6.45, 7) is 4.99. The number of ether oxygens (including phenoxy) is 1. The first-order chi connectivity index (χ1) is 7.76. The van der Waals surface area contributed by atoms with Crippen LogP contribution in [0.5, 0.6) is 0 Å². The van der Waals surface area contributed by atoms with E-state index >= 15 is 0 Å². The minimum atomic E-state index is -0.307. The van der Waals surface area contributed by atoms with Crippen molar-refractivity contribution in [1.29, 1.82) is 0 Å². The standard InChI is InChI=1S/C10H16N4O2/c1-3-12-8-5-11-6-9(14-8)13-7-10(15)16-4-2/h5-6H,3-4,7H2,1-2H3,(H2,12,13,14). The number of rotatable bonds is 6. The number of nitrogens with one attached hydrogen (secondary N) is 2. The molecule has 0 spiro atoms. The Morgan fingerprint density at radius 1 is 1.31 bits per heavy atom. The van der Waals surface area contributed by atoms with Crippen LogP contribution >= 0.6 is 0 Å². The number of hydrogen-bond acceptors (Lipinski definition) is 6. The van der Waals surface area contributed by atoms with Crippen molar-refractivity contribution < 1.29 is 9.53 Å². The maximum atomic E-state index is 11.1. The van der Waals surface area contributed by atoms with E-state index in [4.69, 9.17) is 4.74 Å². The van der Waals surface area contributed by atoms with Crippen LogP contribution in [-0.4, -0.2) is 35.6 Å². The summed E-state index contributed by atoms with van der Waals surface area (Å²) in [6.07, 6.45) is 3.18. The van der Waals surface area contributed by atoms with Crippen LogP contribution in [0, 0.1) is 0 Å². The van der Waals surface area contributed by atoms with Crippen LogP contribution in [0.1, 0.15) is 13.8 Å². The number of carbonyl (C=O) groups is 1. The Balaban J connectivity index is 2.47. The van der Waals surface area contributed by atoms with E-state index in [2.05, 4.69) is 20.6 Å². The molecule has 0 saturated carbocycles. The molecule has 0 unspecified atom stereocenters. The van der Waals surface area contributed by atoms with E-state index in [0.29, 0.717) is 18.2 Å². The highest BCUT2D eigenvalue weighted by molar-refractivity contribution is 5.74. The van der Waals surface area contributed by atoms with Gasteiger partial charge >= 0.3 is 5.97 Å². The maximum Gasteiger partial charge on any atom is 0.325 e. The van der Waals surface area contributed by atoms with Crippen LogP contribution < -0.4 is 10.6 Å². The van der Waals surface area contributed by atoms with Gasteiger partial charge < -0.3 is 15.4 Å². The third kappa shape index (κ3) is 4.12. The van der Waals surface area contributed by atoms with Crippen molar-refractivity contribution in [1.82, 2.24) is 9.97 Å².